The van der Waals surface area contributed by atoms with Crippen LogP contribution in [0.5, 0.6) is 6.01 Å². The van der Waals surface area contributed by atoms with Crippen molar-refractivity contribution in [3.8, 4) is 6.01 Å². The largest absolute Gasteiger partial charge is 0.455 e. The fraction of sp³-hybridized carbons (Fsp3) is 0.375. The first kappa shape index (κ1) is 8.89. The number of nitrogens with two attached hydrogens (primary N) is 1. The van der Waals surface area contributed by atoms with Gasteiger partial charge in [-0.3, -0.25) is 5.41 Å². The lowest BCUT2D eigenvalue weighted by Gasteiger charge is -2.25. The van der Waals surface area contributed by atoms with Gasteiger partial charge in [0.25, 0.3) is 0 Å². The third-order valence-electron chi connectivity index (χ3n) is 1.79. The van der Waals surface area contributed by atoms with Crippen LogP contribution in [0, 0.1) is 5.41 Å². The van der Waals surface area contributed by atoms with Crippen LogP contribution in [0.3, 0.4) is 0 Å². The molecule has 6 heteroatoms. The lowest BCUT2D eigenvalue weighted by molar-refractivity contribution is -0.0831. The van der Waals surface area contributed by atoms with Gasteiger partial charge in [0.15, 0.2) is 0 Å². The fourth-order valence-electron chi connectivity index (χ4n) is 0.979. The van der Waals surface area contributed by atoms with E-state index < -0.39 is 0 Å². The minimum absolute atomic E-state index is 0.0252. The molecule has 14 heavy (non-hydrogen) atoms. The van der Waals surface area contributed by atoms with Crippen molar-refractivity contribution in [2.45, 2.75) is 6.10 Å². The van der Waals surface area contributed by atoms with Crippen molar-refractivity contribution in [3.05, 3.63) is 18.0 Å². The van der Waals surface area contributed by atoms with Gasteiger partial charge in [0.2, 0.25) is 0 Å². The highest BCUT2D eigenvalue weighted by Crippen LogP contribution is 2.10. The van der Waals surface area contributed by atoms with Crippen molar-refractivity contribution in [1.82, 2.24) is 9.97 Å². The minimum Gasteiger partial charge on any atom is -0.455 e. The zero-order valence-electron chi connectivity index (χ0n) is 7.43. The minimum atomic E-state index is -0.0953. The summed E-state index contributed by atoms with van der Waals surface area (Å²) >= 11 is 0. The van der Waals surface area contributed by atoms with Gasteiger partial charge in [-0.05, 0) is 6.07 Å². The summed E-state index contributed by atoms with van der Waals surface area (Å²) < 4.78 is 10.3. The fourth-order valence-corrected chi connectivity index (χ4v) is 0.979. The molecule has 1 aliphatic rings. The van der Waals surface area contributed by atoms with E-state index in [9.17, 15) is 0 Å². The van der Waals surface area contributed by atoms with Crippen molar-refractivity contribution in [3.63, 3.8) is 0 Å². The molecule has 74 valence electrons. The number of hydrogen-bond acceptors (Lipinski definition) is 5. The first-order valence-electron chi connectivity index (χ1n) is 4.17. The molecule has 1 aliphatic heterocycles. The number of nitrogen functional groups attached to an aromatic ring is 1. The summed E-state index contributed by atoms with van der Waals surface area (Å²) in [5, 5.41) is 7.18. The van der Waals surface area contributed by atoms with Crippen LogP contribution in [0.4, 0.5) is 0 Å². The second-order valence-corrected chi connectivity index (χ2v) is 2.92. The molecule has 0 radical (unpaired) electrons. The smallest absolute Gasteiger partial charge is 0.317 e. The second kappa shape index (κ2) is 3.59. The van der Waals surface area contributed by atoms with E-state index in [-0.39, 0.29) is 18.0 Å². The van der Waals surface area contributed by atoms with E-state index in [4.69, 9.17) is 20.6 Å². The molecule has 0 saturated carbocycles. The Morgan fingerprint density at radius 2 is 2.43 bits per heavy atom. The zero-order valence-corrected chi connectivity index (χ0v) is 7.43. The summed E-state index contributed by atoms with van der Waals surface area (Å²) in [6.45, 7) is 1.13. The SMILES string of the molecule is N=C(N)c1ccnc(OC2COC2)n1. The summed E-state index contributed by atoms with van der Waals surface area (Å²) in [7, 11) is 0. The van der Waals surface area contributed by atoms with Crippen molar-refractivity contribution in [2.24, 2.45) is 5.73 Å². The van der Waals surface area contributed by atoms with Crippen LogP contribution in [0.1, 0.15) is 5.69 Å². The number of hydrogen-bond donors (Lipinski definition) is 2. The highest BCUT2D eigenvalue weighted by atomic mass is 16.6. The maximum absolute atomic E-state index is 7.18. The predicted molar refractivity (Wildman–Crippen MR) is 48.3 cm³/mol. The lowest BCUT2D eigenvalue weighted by Crippen LogP contribution is -2.39. The van der Waals surface area contributed by atoms with Gasteiger partial charge in [0.1, 0.15) is 17.6 Å². The quantitative estimate of drug-likeness (QED) is 0.501. The number of aromatic nitrogens is 2. The van der Waals surface area contributed by atoms with Crippen LogP contribution in [-0.4, -0.2) is 35.1 Å². The third-order valence-corrected chi connectivity index (χ3v) is 1.79. The van der Waals surface area contributed by atoms with Crippen LogP contribution >= 0.6 is 0 Å². The van der Waals surface area contributed by atoms with E-state index in [1.165, 1.54) is 6.20 Å². The maximum atomic E-state index is 7.18. The molecule has 6 nitrogen and oxygen atoms in total. The van der Waals surface area contributed by atoms with Gasteiger partial charge < -0.3 is 15.2 Å². The van der Waals surface area contributed by atoms with E-state index in [0.29, 0.717) is 18.9 Å². The Bertz CT molecular complexity index is 351. The molecule has 1 fully saturated rings. The molecule has 0 bridgehead atoms. The van der Waals surface area contributed by atoms with Crippen molar-refractivity contribution >= 4 is 5.84 Å². The Labute approximate surface area is 80.6 Å². The maximum Gasteiger partial charge on any atom is 0.317 e. The van der Waals surface area contributed by atoms with Crippen LogP contribution in [0.15, 0.2) is 12.3 Å². The molecule has 1 saturated heterocycles. The van der Waals surface area contributed by atoms with Crippen molar-refractivity contribution in [2.75, 3.05) is 13.2 Å². The standard InChI is InChI=1S/C8H10N4O2/c9-7(10)6-1-2-11-8(12-6)14-5-3-13-4-5/h1-2,5H,3-4H2,(H3,9,10). The Morgan fingerprint density at radius 1 is 1.64 bits per heavy atom. The molecule has 0 spiro atoms. The summed E-state index contributed by atoms with van der Waals surface area (Å²) in [5.41, 5.74) is 5.64. The highest BCUT2D eigenvalue weighted by molar-refractivity contribution is 5.92. The van der Waals surface area contributed by atoms with Gasteiger partial charge in [-0.15, -0.1) is 0 Å². The van der Waals surface area contributed by atoms with E-state index in [2.05, 4.69) is 9.97 Å². The van der Waals surface area contributed by atoms with Gasteiger partial charge in [-0.1, -0.05) is 0 Å². The molecule has 0 unspecified atom stereocenters. The molecule has 3 N–H and O–H groups in total. The summed E-state index contributed by atoms with van der Waals surface area (Å²) in [6, 6.07) is 1.80. The van der Waals surface area contributed by atoms with Gasteiger partial charge in [0.05, 0.1) is 13.2 Å². The molecule has 1 aromatic heterocycles. The molecule has 0 atom stereocenters. The number of rotatable bonds is 3. The monoisotopic (exact) mass is 194 g/mol. The summed E-state index contributed by atoms with van der Waals surface area (Å²) in [5.74, 6) is -0.0953. The van der Waals surface area contributed by atoms with Gasteiger partial charge in [0, 0.05) is 6.20 Å². The van der Waals surface area contributed by atoms with Crippen molar-refractivity contribution in [1.29, 1.82) is 5.41 Å². The molecular weight excluding hydrogens is 184 g/mol. The third kappa shape index (κ3) is 1.80. The lowest BCUT2D eigenvalue weighted by atomic mass is 10.3. The van der Waals surface area contributed by atoms with E-state index >= 15 is 0 Å². The number of nitrogens with one attached hydrogen (secondary N) is 1. The van der Waals surface area contributed by atoms with Crippen molar-refractivity contribution < 1.29 is 9.47 Å². The number of nitrogens with zero attached hydrogens (tertiary/aromatic N) is 2. The average Bonchev–Trinajstić information content (AvgIpc) is 2.12. The first-order valence-corrected chi connectivity index (χ1v) is 4.17. The Morgan fingerprint density at radius 3 is 3.00 bits per heavy atom. The number of amidine groups is 1. The van der Waals surface area contributed by atoms with Crippen LogP contribution in [0.25, 0.3) is 0 Å². The Kier molecular flexibility index (Phi) is 2.28. The number of ether oxygens (including phenoxy) is 2. The molecule has 0 aliphatic carbocycles. The average molecular weight is 194 g/mol. The second-order valence-electron chi connectivity index (χ2n) is 2.92. The molecule has 0 aromatic carbocycles. The molecule has 2 rings (SSSR count). The highest BCUT2D eigenvalue weighted by Gasteiger charge is 2.21. The van der Waals surface area contributed by atoms with E-state index in [0.717, 1.165) is 0 Å². The topological polar surface area (TPSA) is 94.1 Å². The van der Waals surface area contributed by atoms with Gasteiger partial charge in [-0.25, -0.2) is 4.98 Å². The zero-order chi connectivity index (χ0) is 9.97. The van der Waals surface area contributed by atoms with E-state index in [1.807, 2.05) is 0 Å². The van der Waals surface area contributed by atoms with Gasteiger partial charge in [-0.2, -0.15) is 4.98 Å². The van der Waals surface area contributed by atoms with E-state index in [1.54, 1.807) is 6.07 Å². The molecule has 2 heterocycles. The molecular formula is C8H10N4O2. The van der Waals surface area contributed by atoms with Gasteiger partial charge >= 0.3 is 6.01 Å². The van der Waals surface area contributed by atoms with Crippen LogP contribution < -0.4 is 10.5 Å². The Balaban J connectivity index is 2.09. The van der Waals surface area contributed by atoms with Crippen LogP contribution in [0.2, 0.25) is 0 Å². The summed E-state index contributed by atoms with van der Waals surface area (Å²) in [4.78, 5) is 7.86. The molecule has 0 amide bonds. The van der Waals surface area contributed by atoms with Crippen LogP contribution in [-0.2, 0) is 4.74 Å². The normalized spacial score (nSPS) is 16.0. The molecule has 1 aromatic rings. The first-order chi connectivity index (χ1) is 6.75. The Hall–Kier alpha value is -1.69. The summed E-state index contributed by atoms with van der Waals surface area (Å²) in [6.07, 6.45) is 1.54. The predicted octanol–water partition coefficient (Wildman–Crippen LogP) is -0.462.